The molecule has 2 rings (SSSR count). The van der Waals surface area contributed by atoms with Crippen molar-refractivity contribution >= 4 is 17.7 Å². The molecule has 0 amide bonds. The number of nitrogens with zero attached hydrogens (tertiary/aromatic N) is 2. The minimum absolute atomic E-state index is 0.0473. The Morgan fingerprint density at radius 3 is 2.90 bits per heavy atom. The first-order chi connectivity index (χ1) is 10.0. The number of ether oxygens (including phenoxy) is 1. The fourth-order valence-corrected chi connectivity index (χ4v) is 3.88. The number of carboxylic acids is 1. The standard InChI is InChI=1S/C15H24N2O3S/c1-4-15(5-2)8-12(6-7-20-15)17-11(3)9-16-14(17)21-10-13(18)19/h9,12H,4-8,10H2,1-3H3,(H,18,19). The molecule has 0 spiro atoms. The molecule has 1 atom stereocenters. The van der Waals surface area contributed by atoms with Crippen LogP contribution in [0, 0.1) is 6.92 Å². The number of aryl methyl sites for hydroxylation is 1. The Morgan fingerprint density at radius 2 is 2.29 bits per heavy atom. The first-order valence-corrected chi connectivity index (χ1v) is 8.52. The highest BCUT2D eigenvalue weighted by Gasteiger charge is 2.36. The van der Waals surface area contributed by atoms with Gasteiger partial charge in [-0.25, -0.2) is 4.98 Å². The van der Waals surface area contributed by atoms with E-state index in [2.05, 4.69) is 23.4 Å². The molecular weight excluding hydrogens is 288 g/mol. The third kappa shape index (κ3) is 3.61. The van der Waals surface area contributed by atoms with Crippen LogP contribution < -0.4 is 0 Å². The van der Waals surface area contributed by atoms with Gasteiger partial charge in [-0.15, -0.1) is 0 Å². The lowest BCUT2D eigenvalue weighted by atomic mass is 9.86. The lowest BCUT2D eigenvalue weighted by molar-refractivity contribution is -0.133. The van der Waals surface area contributed by atoms with Gasteiger partial charge in [-0.05, 0) is 32.6 Å². The van der Waals surface area contributed by atoms with E-state index in [1.54, 1.807) is 0 Å². The minimum atomic E-state index is -0.810. The zero-order chi connectivity index (χ0) is 15.5. The van der Waals surface area contributed by atoms with Gasteiger partial charge < -0.3 is 14.4 Å². The van der Waals surface area contributed by atoms with E-state index >= 15 is 0 Å². The fraction of sp³-hybridized carbons (Fsp3) is 0.733. The van der Waals surface area contributed by atoms with E-state index in [1.165, 1.54) is 11.8 Å². The first-order valence-electron chi connectivity index (χ1n) is 7.53. The summed E-state index contributed by atoms with van der Waals surface area (Å²) in [5, 5.41) is 9.67. The summed E-state index contributed by atoms with van der Waals surface area (Å²) in [5.74, 6) is -0.762. The molecule has 2 heterocycles. The van der Waals surface area contributed by atoms with Crippen LogP contribution in [0.1, 0.15) is 51.3 Å². The van der Waals surface area contributed by atoms with E-state index in [9.17, 15) is 4.79 Å². The van der Waals surface area contributed by atoms with E-state index in [0.717, 1.165) is 43.1 Å². The number of hydrogen-bond donors (Lipinski definition) is 1. The van der Waals surface area contributed by atoms with Crippen LogP contribution in [-0.2, 0) is 9.53 Å². The number of rotatable bonds is 6. The number of carboxylic acid groups (broad SMARTS) is 1. The van der Waals surface area contributed by atoms with Gasteiger partial charge in [0, 0.05) is 24.5 Å². The molecule has 21 heavy (non-hydrogen) atoms. The largest absolute Gasteiger partial charge is 0.481 e. The van der Waals surface area contributed by atoms with E-state index < -0.39 is 5.97 Å². The monoisotopic (exact) mass is 312 g/mol. The summed E-state index contributed by atoms with van der Waals surface area (Å²) in [7, 11) is 0. The van der Waals surface area contributed by atoms with Gasteiger partial charge in [-0.1, -0.05) is 25.6 Å². The molecule has 1 aliphatic heterocycles. The summed E-state index contributed by atoms with van der Waals surface area (Å²) in [6.45, 7) is 7.14. The predicted octanol–water partition coefficient (Wildman–Crippen LogP) is 3.28. The first kappa shape index (κ1) is 16.4. The summed E-state index contributed by atoms with van der Waals surface area (Å²) in [6.07, 6.45) is 5.77. The average molecular weight is 312 g/mol. The number of aliphatic carboxylic acids is 1. The van der Waals surface area contributed by atoms with Crippen molar-refractivity contribution in [3.8, 4) is 0 Å². The third-order valence-corrected chi connectivity index (χ3v) is 5.35. The SMILES string of the molecule is CCC1(CC)CC(n2c(C)cnc2SCC(=O)O)CCO1. The Labute approximate surface area is 130 Å². The molecule has 118 valence electrons. The number of imidazole rings is 1. The molecule has 0 aromatic carbocycles. The number of aromatic nitrogens is 2. The molecule has 0 saturated carbocycles. The van der Waals surface area contributed by atoms with Gasteiger partial charge >= 0.3 is 5.97 Å². The predicted molar refractivity (Wildman–Crippen MR) is 82.9 cm³/mol. The lowest BCUT2D eigenvalue weighted by Crippen LogP contribution is -2.39. The second-order valence-electron chi connectivity index (χ2n) is 5.62. The van der Waals surface area contributed by atoms with E-state index in [4.69, 9.17) is 9.84 Å². The van der Waals surface area contributed by atoms with Crippen molar-refractivity contribution in [2.45, 2.75) is 63.3 Å². The van der Waals surface area contributed by atoms with Crippen LogP contribution in [0.15, 0.2) is 11.4 Å². The van der Waals surface area contributed by atoms with E-state index in [-0.39, 0.29) is 11.4 Å². The molecule has 0 radical (unpaired) electrons. The number of hydrogen-bond acceptors (Lipinski definition) is 4. The van der Waals surface area contributed by atoms with Gasteiger partial charge in [-0.2, -0.15) is 0 Å². The molecule has 0 aliphatic carbocycles. The smallest absolute Gasteiger partial charge is 0.313 e. The van der Waals surface area contributed by atoms with E-state index in [1.807, 2.05) is 13.1 Å². The highest BCUT2D eigenvalue weighted by atomic mass is 32.2. The third-order valence-electron chi connectivity index (χ3n) is 4.39. The molecular formula is C15H24N2O3S. The summed E-state index contributed by atoms with van der Waals surface area (Å²) < 4.78 is 8.24. The van der Waals surface area contributed by atoms with Gasteiger partial charge in [0.25, 0.3) is 0 Å². The van der Waals surface area contributed by atoms with Crippen molar-refractivity contribution in [3.05, 3.63) is 11.9 Å². The topological polar surface area (TPSA) is 64.4 Å². The van der Waals surface area contributed by atoms with Crippen molar-refractivity contribution in [2.75, 3.05) is 12.4 Å². The molecule has 1 N–H and O–H groups in total. The van der Waals surface area contributed by atoms with E-state index in [0.29, 0.717) is 6.04 Å². The van der Waals surface area contributed by atoms with Crippen LogP contribution in [0.25, 0.3) is 0 Å². The van der Waals surface area contributed by atoms with Gasteiger partial charge in [0.15, 0.2) is 5.16 Å². The summed E-state index contributed by atoms with van der Waals surface area (Å²) >= 11 is 1.30. The van der Waals surface area contributed by atoms with Gasteiger partial charge in [0.05, 0.1) is 11.4 Å². The van der Waals surface area contributed by atoms with Crippen molar-refractivity contribution in [1.82, 2.24) is 9.55 Å². The van der Waals surface area contributed by atoms with Crippen molar-refractivity contribution in [3.63, 3.8) is 0 Å². The molecule has 1 fully saturated rings. The van der Waals surface area contributed by atoms with Crippen molar-refractivity contribution in [2.24, 2.45) is 0 Å². The zero-order valence-electron chi connectivity index (χ0n) is 13.0. The summed E-state index contributed by atoms with van der Waals surface area (Å²) in [4.78, 5) is 15.2. The van der Waals surface area contributed by atoms with Crippen LogP contribution in [-0.4, -0.2) is 38.6 Å². The second-order valence-corrected chi connectivity index (χ2v) is 6.56. The molecule has 1 aromatic rings. The average Bonchev–Trinajstić information content (AvgIpc) is 2.86. The molecule has 1 aliphatic rings. The Kier molecular flexibility index (Phi) is 5.32. The molecule has 1 aromatic heterocycles. The normalized spacial score (nSPS) is 21.4. The number of thioether (sulfide) groups is 1. The maximum Gasteiger partial charge on any atom is 0.313 e. The Morgan fingerprint density at radius 1 is 1.57 bits per heavy atom. The summed E-state index contributed by atoms with van der Waals surface area (Å²) in [5.41, 5.74) is 1.05. The highest BCUT2D eigenvalue weighted by molar-refractivity contribution is 7.99. The quantitative estimate of drug-likeness (QED) is 0.817. The molecule has 1 unspecified atom stereocenters. The van der Waals surface area contributed by atoms with Crippen LogP contribution in [0.3, 0.4) is 0 Å². The van der Waals surface area contributed by atoms with Gasteiger partial charge in [0.1, 0.15) is 0 Å². The zero-order valence-corrected chi connectivity index (χ0v) is 13.8. The maximum atomic E-state index is 10.8. The van der Waals surface area contributed by atoms with Gasteiger partial charge in [0.2, 0.25) is 0 Å². The Bertz CT molecular complexity index is 497. The Hall–Kier alpha value is -1.01. The fourth-order valence-electron chi connectivity index (χ4n) is 3.07. The Balaban J connectivity index is 2.20. The van der Waals surface area contributed by atoms with Gasteiger partial charge in [-0.3, -0.25) is 4.79 Å². The lowest BCUT2D eigenvalue weighted by Gasteiger charge is -2.41. The highest BCUT2D eigenvalue weighted by Crippen LogP contribution is 2.39. The molecule has 6 heteroatoms. The van der Waals surface area contributed by atoms with Crippen molar-refractivity contribution < 1.29 is 14.6 Å². The number of carbonyl (C=O) groups is 1. The molecule has 1 saturated heterocycles. The van der Waals surface area contributed by atoms with Crippen LogP contribution in [0.2, 0.25) is 0 Å². The van der Waals surface area contributed by atoms with Crippen LogP contribution >= 0.6 is 11.8 Å². The minimum Gasteiger partial charge on any atom is -0.481 e. The second kappa shape index (κ2) is 6.83. The van der Waals surface area contributed by atoms with Crippen LogP contribution in [0.5, 0.6) is 0 Å². The summed E-state index contributed by atoms with van der Waals surface area (Å²) in [6, 6.07) is 0.345. The van der Waals surface area contributed by atoms with Crippen molar-refractivity contribution in [1.29, 1.82) is 0 Å². The molecule has 0 bridgehead atoms. The maximum absolute atomic E-state index is 10.8. The molecule has 5 nitrogen and oxygen atoms in total. The van der Waals surface area contributed by atoms with Crippen LogP contribution in [0.4, 0.5) is 0 Å².